The Morgan fingerprint density at radius 3 is 2.61 bits per heavy atom. The predicted octanol–water partition coefficient (Wildman–Crippen LogP) is 5.15. The smallest absolute Gasteiger partial charge is 0.255 e. The minimum atomic E-state index is -0.278. The summed E-state index contributed by atoms with van der Waals surface area (Å²) in [5, 5.41) is 3.14. The fraction of sp³-hybridized carbons (Fsp3) is 0.235. The monoisotopic (exact) mass is 397 g/mol. The third kappa shape index (κ3) is 4.62. The van der Waals surface area contributed by atoms with Crippen LogP contribution < -0.4 is 14.8 Å². The molecule has 23 heavy (non-hydrogen) atoms. The number of carbonyl (C=O) groups is 1. The fourth-order valence-corrected chi connectivity index (χ4v) is 2.62. The van der Waals surface area contributed by atoms with Crippen molar-refractivity contribution in [2.24, 2.45) is 0 Å². The minimum absolute atomic E-state index is 0.0530. The van der Waals surface area contributed by atoms with Crippen molar-refractivity contribution in [2.75, 3.05) is 12.4 Å². The van der Waals surface area contributed by atoms with Crippen molar-refractivity contribution in [3.63, 3.8) is 0 Å². The number of nitrogens with one attached hydrogen (secondary N) is 1. The highest BCUT2D eigenvalue weighted by molar-refractivity contribution is 9.10. The first-order valence-corrected chi connectivity index (χ1v) is 8.19. The van der Waals surface area contributed by atoms with Gasteiger partial charge < -0.3 is 14.8 Å². The van der Waals surface area contributed by atoms with Gasteiger partial charge in [0.05, 0.1) is 18.2 Å². The van der Waals surface area contributed by atoms with Gasteiger partial charge in [0.2, 0.25) is 0 Å². The second-order valence-electron chi connectivity index (χ2n) is 5.12. The number of carbonyl (C=O) groups excluding carboxylic acids is 1. The molecule has 0 bridgehead atoms. The van der Waals surface area contributed by atoms with Gasteiger partial charge in [0.25, 0.3) is 5.91 Å². The Balaban J connectivity index is 2.29. The average Bonchev–Trinajstić information content (AvgIpc) is 2.48. The van der Waals surface area contributed by atoms with Gasteiger partial charge in [0.1, 0.15) is 0 Å². The molecular weight excluding hydrogens is 382 g/mol. The number of rotatable bonds is 5. The van der Waals surface area contributed by atoms with E-state index in [9.17, 15) is 4.79 Å². The molecule has 0 fully saturated rings. The molecule has 6 heteroatoms. The van der Waals surface area contributed by atoms with Crippen LogP contribution in [-0.4, -0.2) is 19.1 Å². The van der Waals surface area contributed by atoms with E-state index in [0.717, 1.165) is 4.47 Å². The average molecular weight is 399 g/mol. The molecule has 0 heterocycles. The van der Waals surface area contributed by atoms with Crippen LogP contribution in [0.5, 0.6) is 11.5 Å². The molecule has 2 rings (SSSR count). The molecule has 122 valence electrons. The molecular formula is C17H17BrClNO3. The number of amides is 1. The van der Waals surface area contributed by atoms with Crippen LogP contribution in [0, 0.1) is 0 Å². The molecule has 0 radical (unpaired) electrons. The number of ether oxygens (including phenoxy) is 2. The van der Waals surface area contributed by atoms with Crippen LogP contribution in [0.3, 0.4) is 0 Å². The standard InChI is InChI=1S/C17H17BrClNO3/c1-10(2)23-16-14(19)7-11(8-15(16)22-3)17(21)20-13-6-4-5-12(18)9-13/h4-10H,1-3H3,(H,20,21). The Kier molecular flexibility index (Phi) is 5.91. The second kappa shape index (κ2) is 7.70. The van der Waals surface area contributed by atoms with Gasteiger partial charge in [-0.25, -0.2) is 0 Å². The number of anilines is 1. The van der Waals surface area contributed by atoms with Crippen LogP contribution >= 0.6 is 27.5 Å². The lowest BCUT2D eigenvalue weighted by Crippen LogP contribution is -2.13. The highest BCUT2D eigenvalue weighted by Gasteiger charge is 2.17. The summed E-state index contributed by atoms with van der Waals surface area (Å²) < 4.78 is 11.8. The number of methoxy groups -OCH3 is 1. The van der Waals surface area contributed by atoms with Gasteiger partial charge in [0.15, 0.2) is 11.5 Å². The summed E-state index contributed by atoms with van der Waals surface area (Å²) in [5.41, 5.74) is 1.07. The molecule has 0 unspecified atom stereocenters. The predicted molar refractivity (Wildman–Crippen MR) is 95.9 cm³/mol. The van der Waals surface area contributed by atoms with Gasteiger partial charge in [-0.15, -0.1) is 0 Å². The molecule has 0 spiro atoms. The molecule has 0 aliphatic heterocycles. The zero-order valence-corrected chi connectivity index (χ0v) is 15.4. The number of hydrogen-bond acceptors (Lipinski definition) is 3. The normalized spacial score (nSPS) is 10.5. The highest BCUT2D eigenvalue weighted by atomic mass is 79.9. The quantitative estimate of drug-likeness (QED) is 0.757. The Morgan fingerprint density at radius 1 is 1.26 bits per heavy atom. The van der Waals surface area contributed by atoms with E-state index in [-0.39, 0.29) is 12.0 Å². The van der Waals surface area contributed by atoms with Crippen LogP contribution in [-0.2, 0) is 0 Å². The summed E-state index contributed by atoms with van der Waals surface area (Å²) in [6.45, 7) is 3.79. The molecule has 4 nitrogen and oxygen atoms in total. The van der Waals surface area contributed by atoms with Crippen molar-refractivity contribution in [2.45, 2.75) is 20.0 Å². The molecule has 1 N–H and O–H groups in total. The van der Waals surface area contributed by atoms with E-state index in [4.69, 9.17) is 21.1 Å². The van der Waals surface area contributed by atoms with E-state index >= 15 is 0 Å². The van der Waals surface area contributed by atoms with E-state index < -0.39 is 0 Å². The van der Waals surface area contributed by atoms with E-state index in [2.05, 4.69) is 21.2 Å². The van der Waals surface area contributed by atoms with Crippen LogP contribution in [0.4, 0.5) is 5.69 Å². The Morgan fingerprint density at radius 2 is 2.00 bits per heavy atom. The Hall–Kier alpha value is -1.72. The fourth-order valence-electron chi connectivity index (χ4n) is 1.97. The first-order valence-electron chi connectivity index (χ1n) is 7.02. The maximum atomic E-state index is 12.4. The summed E-state index contributed by atoms with van der Waals surface area (Å²) in [6, 6.07) is 10.5. The largest absolute Gasteiger partial charge is 0.493 e. The van der Waals surface area contributed by atoms with Crippen molar-refractivity contribution in [3.05, 3.63) is 51.5 Å². The van der Waals surface area contributed by atoms with Crippen molar-refractivity contribution >= 4 is 39.1 Å². The molecule has 1 amide bonds. The van der Waals surface area contributed by atoms with E-state index in [0.29, 0.717) is 27.8 Å². The van der Waals surface area contributed by atoms with Crippen LogP contribution in [0.1, 0.15) is 24.2 Å². The lowest BCUT2D eigenvalue weighted by Gasteiger charge is -2.16. The summed E-state index contributed by atoms with van der Waals surface area (Å²) in [7, 11) is 1.51. The Bertz CT molecular complexity index is 719. The number of hydrogen-bond donors (Lipinski definition) is 1. The molecule has 2 aromatic carbocycles. The Labute approximate surface area is 148 Å². The molecule has 0 saturated carbocycles. The first kappa shape index (κ1) is 17.6. The van der Waals surface area contributed by atoms with Crippen LogP contribution in [0.15, 0.2) is 40.9 Å². The van der Waals surface area contributed by atoms with Crippen molar-refractivity contribution < 1.29 is 14.3 Å². The van der Waals surface area contributed by atoms with Gasteiger partial charge in [-0.3, -0.25) is 4.79 Å². The molecule has 2 aromatic rings. The SMILES string of the molecule is COc1cc(C(=O)Nc2cccc(Br)c2)cc(Cl)c1OC(C)C. The summed E-state index contributed by atoms with van der Waals surface area (Å²) in [5.74, 6) is 0.577. The van der Waals surface area contributed by atoms with Gasteiger partial charge in [-0.2, -0.15) is 0 Å². The molecule has 0 aliphatic rings. The first-order chi connectivity index (χ1) is 10.9. The number of halogens is 2. The molecule has 0 saturated heterocycles. The third-order valence-electron chi connectivity index (χ3n) is 2.93. The molecule has 0 aliphatic carbocycles. The summed E-state index contributed by atoms with van der Waals surface area (Å²) in [6.07, 6.45) is -0.0530. The van der Waals surface area contributed by atoms with Crippen molar-refractivity contribution in [1.82, 2.24) is 0 Å². The molecule has 0 aromatic heterocycles. The van der Waals surface area contributed by atoms with Gasteiger partial charge in [0, 0.05) is 15.7 Å². The van der Waals surface area contributed by atoms with Gasteiger partial charge in [-0.1, -0.05) is 33.6 Å². The van der Waals surface area contributed by atoms with Crippen molar-refractivity contribution in [1.29, 1.82) is 0 Å². The highest BCUT2D eigenvalue weighted by Crippen LogP contribution is 2.37. The topological polar surface area (TPSA) is 47.6 Å². The number of benzene rings is 2. The van der Waals surface area contributed by atoms with E-state index in [1.165, 1.54) is 7.11 Å². The summed E-state index contributed by atoms with van der Waals surface area (Å²) >= 11 is 9.60. The zero-order chi connectivity index (χ0) is 17.0. The van der Waals surface area contributed by atoms with E-state index in [1.54, 1.807) is 18.2 Å². The maximum absolute atomic E-state index is 12.4. The lowest BCUT2D eigenvalue weighted by molar-refractivity contribution is 0.102. The van der Waals surface area contributed by atoms with Gasteiger partial charge in [-0.05, 0) is 44.2 Å². The maximum Gasteiger partial charge on any atom is 0.255 e. The lowest BCUT2D eigenvalue weighted by atomic mass is 10.1. The van der Waals surface area contributed by atoms with Crippen LogP contribution in [0.2, 0.25) is 5.02 Å². The molecule has 0 atom stereocenters. The van der Waals surface area contributed by atoms with Gasteiger partial charge >= 0.3 is 0 Å². The second-order valence-corrected chi connectivity index (χ2v) is 6.44. The summed E-state index contributed by atoms with van der Waals surface area (Å²) in [4.78, 5) is 12.4. The third-order valence-corrected chi connectivity index (χ3v) is 3.70. The van der Waals surface area contributed by atoms with E-state index in [1.807, 2.05) is 32.0 Å². The van der Waals surface area contributed by atoms with Crippen LogP contribution in [0.25, 0.3) is 0 Å². The minimum Gasteiger partial charge on any atom is -0.493 e. The zero-order valence-electron chi connectivity index (χ0n) is 13.0. The van der Waals surface area contributed by atoms with Crippen molar-refractivity contribution in [3.8, 4) is 11.5 Å².